The Morgan fingerprint density at radius 1 is 1.14 bits per heavy atom. The van der Waals surface area contributed by atoms with E-state index in [-0.39, 0.29) is 29.4 Å². The molecule has 1 aromatic carbocycles. The largest absolute Gasteiger partial charge is 0.364 e. The van der Waals surface area contributed by atoms with Gasteiger partial charge in [0.25, 0.3) is 5.56 Å². The fraction of sp³-hybridized carbons (Fsp3) is 0.0588. The predicted molar refractivity (Wildman–Crippen MR) is 92.5 cm³/mol. The lowest BCUT2D eigenvalue weighted by atomic mass is 10.1. The molecule has 2 N–H and O–H groups in total. The molecule has 0 atom stereocenters. The quantitative estimate of drug-likeness (QED) is 0.484. The standard InChI is InChI=1S/C17H10FN7O3/c18-11-6-19-24-15(11)16-23-14(28-25-16)4-13-21-12-2-1-8(9-5-20-27-7-9)3-10(12)17(26)22-13/h1-3,5-7H,4H2,(H,19,24)(H,21,22,26). The van der Waals surface area contributed by atoms with Gasteiger partial charge in [0.1, 0.15) is 17.8 Å². The van der Waals surface area contributed by atoms with E-state index in [0.717, 1.165) is 17.3 Å². The monoisotopic (exact) mass is 379 g/mol. The van der Waals surface area contributed by atoms with Crippen LogP contribution in [-0.4, -0.2) is 35.5 Å². The average Bonchev–Trinajstić information content (AvgIpc) is 3.43. The number of aromatic amines is 2. The van der Waals surface area contributed by atoms with Crippen LogP contribution in [0.4, 0.5) is 4.39 Å². The fourth-order valence-corrected chi connectivity index (χ4v) is 2.80. The van der Waals surface area contributed by atoms with E-state index in [1.807, 2.05) is 6.07 Å². The number of aromatic nitrogens is 7. The van der Waals surface area contributed by atoms with Gasteiger partial charge in [-0.2, -0.15) is 10.1 Å². The number of hydrogen-bond acceptors (Lipinski definition) is 8. The van der Waals surface area contributed by atoms with Crippen molar-refractivity contribution in [3.05, 3.63) is 64.7 Å². The highest BCUT2D eigenvalue weighted by molar-refractivity contribution is 5.83. The average molecular weight is 379 g/mol. The predicted octanol–water partition coefficient (Wildman–Crippen LogP) is 2.08. The molecule has 0 bridgehead atoms. The van der Waals surface area contributed by atoms with Crippen LogP contribution in [0.3, 0.4) is 0 Å². The minimum Gasteiger partial charge on any atom is -0.364 e. The molecule has 0 spiro atoms. The first kappa shape index (κ1) is 16.1. The lowest BCUT2D eigenvalue weighted by Gasteiger charge is -2.03. The van der Waals surface area contributed by atoms with Crippen molar-refractivity contribution in [2.45, 2.75) is 6.42 Å². The van der Waals surface area contributed by atoms with Crippen LogP contribution in [0, 0.1) is 5.82 Å². The number of nitrogens with zero attached hydrogens (tertiary/aromatic N) is 5. The normalized spacial score (nSPS) is 11.3. The lowest BCUT2D eigenvalue weighted by molar-refractivity contribution is 0.383. The Balaban J connectivity index is 1.47. The summed E-state index contributed by atoms with van der Waals surface area (Å²) >= 11 is 0. The van der Waals surface area contributed by atoms with Crippen molar-refractivity contribution in [2.24, 2.45) is 0 Å². The lowest BCUT2D eigenvalue weighted by Crippen LogP contribution is -2.12. The summed E-state index contributed by atoms with van der Waals surface area (Å²) in [4.78, 5) is 23.7. The van der Waals surface area contributed by atoms with E-state index in [4.69, 9.17) is 9.05 Å². The van der Waals surface area contributed by atoms with Gasteiger partial charge in [-0.1, -0.05) is 16.4 Å². The molecular weight excluding hydrogens is 369 g/mol. The van der Waals surface area contributed by atoms with Crippen LogP contribution in [-0.2, 0) is 6.42 Å². The Morgan fingerprint density at radius 2 is 2.07 bits per heavy atom. The first-order chi connectivity index (χ1) is 13.7. The van der Waals surface area contributed by atoms with Gasteiger partial charge in [-0.25, -0.2) is 9.37 Å². The number of benzene rings is 1. The van der Waals surface area contributed by atoms with Gasteiger partial charge in [-0.3, -0.25) is 9.89 Å². The Kier molecular flexibility index (Phi) is 3.57. The van der Waals surface area contributed by atoms with Crippen LogP contribution >= 0.6 is 0 Å². The van der Waals surface area contributed by atoms with Crippen molar-refractivity contribution in [2.75, 3.05) is 0 Å². The van der Waals surface area contributed by atoms with Crippen molar-refractivity contribution in [3.8, 4) is 22.6 Å². The van der Waals surface area contributed by atoms with Crippen molar-refractivity contribution >= 4 is 10.9 Å². The second-order valence-corrected chi connectivity index (χ2v) is 5.94. The van der Waals surface area contributed by atoms with E-state index in [2.05, 4.69) is 35.5 Å². The maximum absolute atomic E-state index is 13.5. The van der Waals surface area contributed by atoms with E-state index in [9.17, 15) is 9.18 Å². The summed E-state index contributed by atoms with van der Waals surface area (Å²) in [5, 5.41) is 13.8. The first-order valence-electron chi connectivity index (χ1n) is 8.12. The molecule has 5 rings (SSSR count). The Labute approximate surface area is 154 Å². The van der Waals surface area contributed by atoms with Crippen molar-refractivity contribution in [3.63, 3.8) is 0 Å². The molecule has 0 amide bonds. The maximum Gasteiger partial charge on any atom is 0.258 e. The minimum absolute atomic E-state index is 0.0243. The molecular formula is C17H10FN7O3. The van der Waals surface area contributed by atoms with Gasteiger partial charge in [0.2, 0.25) is 11.7 Å². The molecule has 28 heavy (non-hydrogen) atoms. The molecule has 0 aliphatic carbocycles. The van der Waals surface area contributed by atoms with Crippen LogP contribution in [0.5, 0.6) is 0 Å². The molecule has 0 fully saturated rings. The summed E-state index contributed by atoms with van der Waals surface area (Å²) in [7, 11) is 0. The molecule has 0 radical (unpaired) electrons. The third-order valence-electron chi connectivity index (χ3n) is 4.12. The minimum atomic E-state index is -0.590. The first-order valence-corrected chi connectivity index (χ1v) is 8.12. The number of rotatable bonds is 4. The Bertz CT molecular complexity index is 1340. The topological polar surface area (TPSA) is 139 Å². The molecule has 0 aliphatic rings. The third-order valence-corrected chi connectivity index (χ3v) is 4.12. The molecule has 0 saturated carbocycles. The fourth-order valence-electron chi connectivity index (χ4n) is 2.80. The van der Waals surface area contributed by atoms with Gasteiger partial charge in [-0.05, 0) is 17.7 Å². The molecule has 0 saturated heterocycles. The zero-order valence-corrected chi connectivity index (χ0v) is 14.0. The molecule has 138 valence electrons. The van der Waals surface area contributed by atoms with E-state index in [1.54, 1.807) is 18.3 Å². The summed E-state index contributed by atoms with van der Waals surface area (Å²) in [6, 6.07) is 5.26. The van der Waals surface area contributed by atoms with E-state index in [1.165, 1.54) is 6.26 Å². The summed E-state index contributed by atoms with van der Waals surface area (Å²) in [6.07, 6.45) is 4.16. The Morgan fingerprint density at radius 3 is 2.86 bits per heavy atom. The zero-order chi connectivity index (χ0) is 19.1. The molecule has 5 aromatic rings. The highest BCUT2D eigenvalue weighted by Crippen LogP contribution is 2.22. The van der Waals surface area contributed by atoms with Crippen LogP contribution in [0.25, 0.3) is 33.5 Å². The summed E-state index contributed by atoms with van der Waals surface area (Å²) in [6.45, 7) is 0. The van der Waals surface area contributed by atoms with Gasteiger partial charge in [0.05, 0.1) is 29.7 Å². The second kappa shape index (κ2) is 6.23. The zero-order valence-electron chi connectivity index (χ0n) is 14.0. The number of nitrogens with one attached hydrogen (secondary N) is 2. The van der Waals surface area contributed by atoms with Gasteiger partial charge in [-0.15, -0.1) is 0 Å². The molecule has 4 heterocycles. The molecule has 0 unspecified atom stereocenters. The number of fused-ring (bicyclic) bond motifs is 1. The third kappa shape index (κ3) is 2.74. The summed E-state index contributed by atoms with van der Waals surface area (Å²) < 4.78 is 23.5. The van der Waals surface area contributed by atoms with Crippen LogP contribution < -0.4 is 5.56 Å². The van der Waals surface area contributed by atoms with Gasteiger partial charge < -0.3 is 14.0 Å². The van der Waals surface area contributed by atoms with Crippen molar-refractivity contribution in [1.29, 1.82) is 0 Å². The molecule has 4 aromatic heterocycles. The van der Waals surface area contributed by atoms with Gasteiger partial charge in [0, 0.05) is 5.56 Å². The van der Waals surface area contributed by atoms with E-state index in [0.29, 0.717) is 16.7 Å². The summed E-state index contributed by atoms with van der Waals surface area (Å²) in [5.74, 6) is -0.0391. The van der Waals surface area contributed by atoms with Crippen LogP contribution in [0.2, 0.25) is 0 Å². The Hall–Kier alpha value is -4.15. The second-order valence-electron chi connectivity index (χ2n) is 5.94. The van der Waals surface area contributed by atoms with Gasteiger partial charge in [0.15, 0.2) is 5.82 Å². The highest BCUT2D eigenvalue weighted by Gasteiger charge is 2.16. The van der Waals surface area contributed by atoms with Gasteiger partial charge >= 0.3 is 0 Å². The SMILES string of the molecule is O=c1[nH]c(Cc2nc(-c3[nH]ncc3F)no2)nc2ccc(-c3cnoc3)cc12. The smallest absolute Gasteiger partial charge is 0.258 e. The van der Waals surface area contributed by atoms with Crippen molar-refractivity contribution < 1.29 is 13.4 Å². The van der Waals surface area contributed by atoms with E-state index < -0.39 is 5.82 Å². The highest BCUT2D eigenvalue weighted by atomic mass is 19.1. The number of hydrogen-bond donors (Lipinski definition) is 2. The van der Waals surface area contributed by atoms with Crippen molar-refractivity contribution in [1.82, 2.24) is 35.5 Å². The molecule has 11 heteroatoms. The number of halogens is 1. The number of H-pyrrole nitrogens is 2. The van der Waals surface area contributed by atoms with Crippen LogP contribution in [0.15, 0.2) is 50.7 Å². The summed E-state index contributed by atoms with van der Waals surface area (Å²) in [5.41, 5.74) is 1.78. The molecule has 0 aliphatic heterocycles. The van der Waals surface area contributed by atoms with Crippen LogP contribution in [0.1, 0.15) is 11.7 Å². The maximum atomic E-state index is 13.5. The molecule has 10 nitrogen and oxygen atoms in total. The van der Waals surface area contributed by atoms with E-state index >= 15 is 0 Å².